The first-order chi connectivity index (χ1) is 6.16. The molecule has 0 spiro atoms. The zero-order valence-corrected chi connectivity index (χ0v) is 9.52. The van der Waals surface area contributed by atoms with Crippen LogP contribution in [-0.4, -0.2) is 11.0 Å². The Kier molecular flexibility index (Phi) is 2.63. The molecule has 0 aliphatic heterocycles. The minimum atomic E-state index is 0.0966. The summed E-state index contributed by atoms with van der Waals surface area (Å²) in [6.07, 6.45) is 6.70. The molecule has 76 valence electrons. The minimum absolute atomic E-state index is 0.0966. The van der Waals surface area contributed by atoms with E-state index in [9.17, 15) is 0 Å². The zero-order chi connectivity index (χ0) is 9.47. The monoisotopic (exact) mass is 200 g/mol. The highest BCUT2D eigenvalue weighted by Gasteiger charge is 2.51. The van der Waals surface area contributed by atoms with Crippen LogP contribution in [0, 0.1) is 11.8 Å². The summed E-state index contributed by atoms with van der Waals surface area (Å²) in [5.41, 5.74) is 0.295. The number of hydrogen-bond acceptors (Lipinski definition) is 2. The van der Waals surface area contributed by atoms with Gasteiger partial charge in [0.05, 0.1) is 11.0 Å². The number of hydrogen-bond donors (Lipinski definition) is 1. The SMILES string of the molecule is CCC1(OC(C)S)CC2CCC1C2. The number of thiol groups is 1. The molecular weight excluding hydrogens is 180 g/mol. The van der Waals surface area contributed by atoms with Crippen LogP contribution in [0.3, 0.4) is 0 Å². The van der Waals surface area contributed by atoms with Crippen LogP contribution in [0.4, 0.5) is 0 Å². The average Bonchev–Trinajstić information content (AvgIpc) is 2.62. The van der Waals surface area contributed by atoms with Crippen LogP contribution < -0.4 is 0 Å². The van der Waals surface area contributed by atoms with E-state index < -0.39 is 0 Å². The molecule has 0 radical (unpaired) electrons. The third-order valence-electron chi connectivity index (χ3n) is 3.92. The first-order valence-electron chi connectivity index (χ1n) is 5.52. The second-order valence-electron chi connectivity index (χ2n) is 4.72. The van der Waals surface area contributed by atoms with Gasteiger partial charge in [-0.3, -0.25) is 0 Å². The molecule has 13 heavy (non-hydrogen) atoms. The van der Waals surface area contributed by atoms with E-state index in [4.69, 9.17) is 4.74 Å². The highest BCUT2D eigenvalue weighted by molar-refractivity contribution is 7.80. The van der Waals surface area contributed by atoms with E-state index in [0.29, 0.717) is 0 Å². The largest absolute Gasteiger partial charge is 0.361 e. The van der Waals surface area contributed by atoms with Crippen molar-refractivity contribution in [2.45, 2.75) is 57.0 Å². The highest BCUT2D eigenvalue weighted by Crippen LogP contribution is 2.54. The molecule has 2 bridgehead atoms. The smallest absolute Gasteiger partial charge is 0.0979 e. The van der Waals surface area contributed by atoms with Crippen molar-refractivity contribution in [1.82, 2.24) is 0 Å². The highest BCUT2D eigenvalue weighted by atomic mass is 32.1. The van der Waals surface area contributed by atoms with Gasteiger partial charge in [-0.15, -0.1) is 12.6 Å². The summed E-state index contributed by atoms with van der Waals surface area (Å²) in [5, 5.41) is 0. The maximum atomic E-state index is 6.05. The molecule has 0 amide bonds. The van der Waals surface area contributed by atoms with E-state index in [1.165, 1.54) is 32.1 Å². The quantitative estimate of drug-likeness (QED) is 0.543. The molecular formula is C11H20OS. The number of fused-ring (bicyclic) bond motifs is 2. The van der Waals surface area contributed by atoms with E-state index in [1.807, 2.05) is 6.92 Å². The van der Waals surface area contributed by atoms with Crippen LogP contribution >= 0.6 is 12.6 Å². The average molecular weight is 200 g/mol. The fourth-order valence-electron chi connectivity index (χ4n) is 3.39. The third kappa shape index (κ3) is 1.63. The molecule has 4 atom stereocenters. The van der Waals surface area contributed by atoms with E-state index in [2.05, 4.69) is 19.6 Å². The standard InChI is InChI=1S/C11H20OS/c1-3-11(12-8(2)13)7-9-4-5-10(11)6-9/h8-10,13H,3-7H2,1-2H3. The van der Waals surface area contributed by atoms with Gasteiger partial charge >= 0.3 is 0 Å². The van der Waals surface area contributed by atoms with Crippen molar-refractivity contribution in [3.05, 3.63) is 0 Å². The Hall–Kier alpha value is 0.310. The molecule has 2 aliphatic rings. The molecule has 2 aliphatic carbocycles. The molecule has 0 heterocycles. The van der Waals surface area contributed by atoms with Crippen LogP contribution in [0.15, 0.2) is 0 Å². The van der Waals surface area contributed by atoms with Crippen LogP contribution in [0.5, 0.6) is 0 Å². The topological polar surface area (TPSA) is 9.23 Å². The summed E-state index contributed by atoms with van der Waals surface area (Å²) in [7, 11) is 0. The van der Waals surface area contributed by atoms with Gasteiger partial charge in [-0.2, -0.15) is 0 Å². The van der Waals surface area contributed by atoms with Gasteiger partial charge in [0.25, 0.3) is 0 Å². The van der Waals surface area contributed by atoms with Gasteiger partial charge in [-0.25, -0.2) is 0 Å². The van der Waals surface area contributed by atoms with Gasteiger partial charge in [0.15, 0.2) is 0 Å². The summed E-state index contributed by atoms with van der Waals surface area (Å²) in [4.78, 5) is 0. The van der Waals surface area contributed by atoms with E-state index >= 15 is 0 Å². The van der Waals surface area contributed by atoms with E-state index in [0.717, 1.165) is 11.8 Å². The molecule has 2 heteroatoms. The van der Waals surface area contributed by atoms with Crippen molar-refractivity contribution in [2.24, 2.45) is 11.8 Å². The predicted molar refractivity (Wildman–Crippen MR) is 58.0 cm³/mol. The van der Waals surface area contributed by atoms with Crippen LogP contribution in [0.2, 0.25) is 0 Å². The summed E-state index contributed by atoms with van der Waals surface area (Å²) in [6.45, 7) is 4.30. The number of ether oxygens (including phenoxy) is 1. The van der Waals surface area contributed by atoms with E-state index in [1.54, 1.807) is 0 Å². The fraction of sp³-hybridized carbons (Fsp3) is 1.00. The van der Waals surface area contributed by atoms with Crippen LogP contribution in [-0.2, 0) is 4.74 Å². The third-order valence-corrected chi connectivity index (χ3v) is 4.03. The molecule has 0 saturated heterocycles. The zero-order valence-electron chi connectivity index (χ0n) is 8.62. The molecule has 4 unspecified atom stereocenters. The summed E-state index contributed by atoms with van der Waals surface area (Å²) in [6, 6.07) is 0. The molecule has 2 saturated carbocycles. The molecule has 0 aromatic carbocycles. The van der Waals surface area contributed by atoms with Crippen LogP contribution in [0.25, 0.3) is 0 Å². The summed E-state index contributed by atoms with van der Waals surface area (Å²) < 4.78 is 6.05. The molecule has 0 aromatic heterocycles. The Labute approximate surface area is 86.6 Å². The molecule has 2 rings (SSSR count). The van der Waals surface area contributed by atoms with Crippen molar-refractivity contribution in [1.29, 1.82) is 0 Å². The Morgan fingerprint density at radius 3 is 2.69 bits per heavy atom. The number of rotatable bonds is 3. The summed E-state index contributed by atoms with van der Waals surface area (Å²) >= 11 is 4.35. The van der Waals surface area contributed by atoms with Gasteiger partial charge in [0.2, 0.25) is 0 Å². The Bertz CT molecular complexity index is 193. The maximum absolute atomic E-state index is 6.05. The first kappa shape index (κ1) is 9.85. The Morgan fingerprint density at radius 1 is 1.54 bits per heavy atom. The molecule has 2 fully saturated rings. The van der Waals surface area contributed by atoms with Crippen molar-refractivity contribution >= 4 is 12.6 Å². The van der Waals surface area contributed by atoms with Crippen molar-refractivity contribution in [3.8, 4) is 0 Å². The van der Waals surface area contributed by atoms with E-state index in [-0.39, 0.29) is 11.0 Å². The molecule has 0 aromatic rings. The normalized spacial score (nSPS) is 45.5. The van der Waals surface area contributed by atoms with Gasteiger partial charge in [0.1, 0.15) is 0 Å². The van der Waals surface area contributed by atoms with Crippen molar-refractivity contribution < 1.29 is 4.74 Å². The fourth-order valence-corrected chi connectivity index (χ4v) is 3.60. The lowest BCUT2D eigenvalue weighted by atomic mass is 9.82. The first-order valence-corrected chi connectivity index (χ1v) is 6.04. The maximum Gasteiger partial charge on any atom is 0.0979 e. The van der Waals surface area contributed by atoms with Gasteiger partial charge in [0, 0.05) is 0 Å². The van der Waals surface area contributed by atoms with Gasteiger partial charge in [-0.05, 0) is 50.9 Å². The predicted octanol–water partition coefficient (Wildman–Crippen LogP) is 3.25. The van der Waals surface area contributed by atoms with Crippen molar-refractivity contribution in [3.63, 3.8) is 0 Å². The lowest BCUT2D eigenvalue weighted by Gasteiger charge is -2.38. The lowest BCUT2D eigenvalue weighted by Crippen LogP contribution is -2.39. The van der Waals surface area contributed by atoms with Gasteiger partial charge in [-0.1, -0.05) is 6.92 Å². The Morgan fingerprint density at radius 2 is 2.31 bits per heavy atom. The summed E-state index contributed by atoms with van der Waals surface area (Å²) in [5.74, 6) is 1.79. The minimum Gasteiger partial charge on any atom is -0.361 e. The van der Waals surface area contributed by atoms with Gasteiger partial charge < -0.3 is 4.74 Å². The lowest BCUT2D eigenvalue weighted by molar-refractivity contribution is -0.0921. The second-order valence-corrected chi connectivity index (χ2v) is 5.44. The Balaban J connectivity index is 2.08. The molecule has 1 nitrogen and oxygen atoms in total. The van der Waals surface area contributed by atoms with Crippen molar-refractivity contribution in [2.75, 3.05) is 0 Å². The molecule has 0 N–H and O–H groups in total. The van der Waals surface area contributed by atoms with Crippen LogP contribution in [0.1, 0.15) is 46.0 Å². The second kappa shape index (κ2) is 3.47.